The summed E-state index contributed by atoms with van der Waals surface area (Å²) in [6.07, 6.45) is -7.39. The summed E-state index contributed by atoms with van der Waals surface area (Å²) in [5.74, 6) is -1.96. The zero-order chi connectivity index (χ0) is 18.8. The molecule has 0 unspecified atom stereocenters. The molecule has 1 saturated heterocycles. The number of benzene rings is 1. The van der Waals surface area contributed by atoms with Gasteiger partial charge in [-0.25, -0.2) is 4.79 Å². The Morgan fingerprint density at radius 2 is 2.00 bits per heavy atom. The molecule has 138 valence electrons. The summed E-state index contributed by atoms with van der Waals surface area (Å²) in [5.41, 5.74) is 4.90. The third kappa shape index (κ3) is 3.41. The second kappa shape index (κ2) is 7.29. The van der Waals surface area contributed by atoms with E-state index in [0.29, 0.717) is 0 Å². The zero-order valence-electron chi connectivity index (χ0n) is 13.1. The van der Waals surface area contributed by atoms with E-state index < -0.39 is 47.8 Å². The van der Waals surface area contributed by atoms with Crippen molar-refractivity contribution in [2.45, 2.75) is 30.2 Å². The number of carbonyl (C=O) groups is 1. The fourth-order valence-electron chi connectivity index (χ4n) is 2.73. The minimum atomic E-state index is -1.96. The Morgan fingerprint density at radius 3 is 2.44 bits per heavy atom. The minimum Gasteiger partial charge on any atom is -0.440 e. The van der Waals surface area contributed by atoms with Crippen molar-refractivity contribution in [1.82, 2.24) is 0 Å². The van der Waals surface area contributed by atoms with Crippen molar-refractivity contribution >= 4 is 11.8 Å². The van der Waals surface area contributed by atoms with Crippen LogP contribution in [0, 0.1) is 10.1 Å². The van der Waals surface area contributed by atoms with Crippen molar-refractivity contribution in [3.05, 3.63) is 39.9 Å². The monoisotopic (exact) mass is 358 g/mol. The molecule has 0 spiro atoms. The number of ether oxygens (including phenoxy) is 3. The lowest BCUT2D eigenvalue weighted by atomic mass is 9.87. The van der Waals surface area contributed by atoms with Gasteiger partial charge >= 0.3 is 6.09 Å². The summed E-state index contributed by atoms with van der Waals surface area (Å²) in [6, 6.07) is 4.88. The standard InChI is InChI=1S/C14H18N2O9/c1-23-14(7-2-4-8(5-3-7)16(21)22)12(19)11(24-13(15)20)10(18)9(6-17)25-14/h2-5,9-12,17-19H,6H2,1H3,(H2,15,20)/t9-,10+,11+,12-,14-/m1/s1. The molecule has 1 aromatic rings. The molecular weight excluding hydrogens is 340 g/mol. The molecule has 2 rings (SSSR count). The molecular formula is C14H18N2O9. The molecule has 0 radical (unpaired) electrons. The number of nitro groups is 1. The van der Waals surface area contributed by atoms with Gasteiger partial charge in [-0.15, -0.1) is 0 Å². The van der Waals surface area contributed by atoms with E-state index in [-0.39, 0.29) is 11.3 Å². The maximum Gasteiger partial charge on any atom is 0.404 e. The van der Waals surface area contributed by atoms with Crippen molar-refractivity contribution in [3.63, 3.8) is 0 Å². The van der Waals surface area contributed by atoms with Crippen molar-refractivity contribution in [2.75, 3.05) is 13.7 Å². The molecule has 11 nitrogen and oxygen atoms in total. The first-order chi connectivity index (χ1) is 11.8. The Hall–Kier alpha value is -2.31. The zero-order valence-corrected chi connectivity index (χ0v) is 13.1. The van der Waals surface area contributed by atoms with Gasteiger partial charge in [-0.1, -0.05) is 0 Å². The van der Waals surface area contributed by atoms with Gasteiger partial charge in [0, 0.05) is 24.8 Å². The molecule has 5 atom stereocenters. The largest absolute Gasteiger partial charge is 0.440 e. The van der Waals surface area contributed by atoms with Crippen LogP contribution in [0.2, 0.25) is 0 Å². The molecule has 0 aliphatic carbocycles. The summed E-state index contributed by atoms with van der Waals surface area (Å²) in [5, 5.41) is 40.9. The van der Waals surface area contributed by atoms with Crippen LogP contribution in [-0.4, -0.2) is 64.5 Å². The molecule has 0 aromatic heterocycles. The number of amides is 1. The van der Waals surface area contributed by atoms with Crippen LogP contribution in [0.25, 0.3) is 0 Å². The van der Waals surface area contributed by atoms with Crippen LogP contribution in [0.1, 0.15) is 5.56 Å². The highest BCUT2D eigenvalue weighted by Crippen LogP contribution is 2.40. The van der Waals surface area contributed by atoms with Gasteiger partial charge in [-0.05, 0) is 12.1 Å². The van der Waals surface area contributed by atoms with Gasteiger partial charge in [0.25, 0.3) is 5.69 Å². The molecule has 11 heteroatoms. The average Bonchev–Trinajstić information content (AvgIpc) is 2.59. The molecule has 5 N–H and O–H groups in total. The molecule has 0 saturated carbocycles. The molecule has 1 heterocycles. The second-order valence-corrected chi connectivity index (χ2v) is 5.35. The average molecular weight is 358 g/mol. The quantitative estimate of drug-likeness (QED) is 0.379. The van der Waals surface area contributed by atoms with Crippen LogP contribution in [0.4, 0.5) is 10.5 Å². The minimum absolute atomic E-state index is 0.150. The number of carbonyl (C=O) groups excluding carboxylic acids is 1. The molecule has 1 aliphatic rings. The maximum atomic E-state index is 11.1. The Balaban J connectivity index is 2.48. The number of nitrogens with two attached hydrogens (primary N) is 1. The highest BCUT2D eigenvalue weighted by atomic mass is 16.7. The van der Waals surface area contributed by atoms with Crippen LogP contribution in [-0.2, 0) is 20.0 Å². The number of rotatable bonds is 5. The SMILES string of the molecule is CO[C@]1(c2ccc([N+](=O)[O-])cc2)O[C@H](CO)[C@H](O)[C@H](OC(N)=O)[C@H]1O. The smallest absolute Gasteiger partial charge is 0.404 e. The van der Waals surface area contributed by atoms with E-state index in [4.69, 9.17) is 19.9 Å². The number of methoxy groups -OCH3 is 1. The second-order valence-electron chi connectivity index (χ2n) is 5.35. The van der Waals surface area contributed by atoms with Crippen LogP contribution < -0.4 is 5.73 Å². The molecule has 1 amide bonds. The Bertz CT molecular complexity index is 638. The fourth-order valence-corrected chi connectivity index (χ4v) is 2.73. The van der Waals surface area contributed by atoms with Gasteiger partial charge in [0.1, 0.15) is 12.2 Å². The van der Waals surface area contributed by atoms with Gasteiger partial charge < -0.3 is 35.3 Å². The molecule has 1 aromatic carbocycles. The third-order valence-corrected chi connectivity index (χ3v) is 3.96. The lowest BCUT2D eigenvalue weighted by molar-refractivity contribution is -0.385. The first-order valence-electron chi connectivity index (χ1n) is 7.17. The number of primary amides is 1. The number of non-ortho nitro benzene ring substituents is 1. The summed E-state index contributed by atoms with van der Waals surface area (Å²) in [4.78, 5) is 21.2. The van der Waals surface area contributed by atoms with Gasteiger partial charge in [0.15, 0.2) is 12.2 Å². The van der Waals surface area contributed by atoms with Crippen LogP contribution in [0.3, 0.4) is 0 Å². The predicted molar refractivity (Wildman–Crippen MR) is 80.2 cm³/mol. The summed E-state index contributed by atoms with van der Waals surface area (Å²) >= 11 is 0. The van der Waals surface area contributed by atoms with E-state index in [9.17, 15) is 30.2 Å². The van der Waals surface area contributed by atoms with E-state index in [1.807, 2.05) is 0 Å². The van der Waals surface area contributed by atoms with Crippen LogP contribution in [0.5, 0.6) is 0 Å². The van der Waals surface area contributed by atoms with Crippen molar-refractivity contribution < 1.29 is 39.2 Å². The lowest BCUT2D eigenvalue weighted by Crippen LogP contribution is -2.65. The highest BCUT2D eigenvalue weighted by molar-refractivity contribution is 5.65. The number of nitrogens with zero attached hydrogens (tertiary/aromatic N) is 1. The van der Waals surface area contributed by atoms with E-state index in [0.717, 1.165) is 12.1 Å². The third-order valence-electron chi connectivity index (χ3n) is 3.96. The number of hydrogen-bond acceptors (Lipinski definition) is 9. The summed E-state index contributed by atoms with van der Waals surface area (Å²) < 4.78 is 15.5. The maximum absolute atomic E-state index is 11.1. The normalized spacial score (nSPS) is 32.2. The van der Waals surface area contributed by atoms with Crippen molar-refractivity contribution in [1.29, 1.82) is 0 Å². The van der Waals surface area contributed by atoms with Crippen LogP contribution >= 0.6 is 0 Å². The first kappa shape index (κ1) is 19.0. The highest BCUT2D eigenvalue weighted by Gasteiger charge is 2.57. The van der Waals surface area contributed by atoms with E-state index in [1.165, 1.54) is 19.2 Å². The van der Waals surface area contributed by atoms with E-state index in [1.54, 1.807) is 0 Å². The molecule has 1 aliphatic heterocycles. The Labute approximate surface area is 141 Å². The molecule has 0 bridgehead atoms. The van der Waals surface area contributed by atoms with Crippen molar-refractivity contribution in [2.24, 2.45) is 5.73 Å². The topological polar surface area (TPSA) is 175 Å². The van der Waals surface area contributed by atoms with Gasteiger partial charge in [0.2, 0.25) is 5.79 Å². The Morgan fingerprint density at radius 1 is 1.40 bits per heavy atom. The van der Waals surface area contributed by atoms with Gasteiger partial charge in [-0.3, -0.25) is 10.1 Å². The van der Waals surface area contributed by atoms with Gasteiger partial charge in [-0.2, -0.15) is 0 Å². The summed E-state index contributed by atoms with van der Waals surface area (Å²) in [7, 11) is 1.18. The fraction of sp³-hybridized carbons (Fsp3) is 0.500. The summed E-state index contributed by atoms with van der Waals surface area (Å²) in [6.45, 7) is -0.676. The number of hydrogen-bond donors (Lipinski definition) is 4. The van der Waals surface area contributed by atoms with Gasteiger partial charge in [0.05, 0.1) is 11.5 Å². The molecule has 1 fully saturated rings. The Kier molecular flexibility index (Phi) is 5.55. The predicted octanol–water partition coefficient (Wildman–Crippen LogP) is -1.03. The van der Waals surface area contributed by atoms with E-state index in [2.05, 4.69) is 0 Å². The first-order valence-corrected chi connectivity index (χ1v) is 7.17. The van der Waals surface area contributed by atoms with Crippen molar-refractivity contribution in [3.8, 4) is 0 Å². The van der Waals surface area contributed by atoms with E-state index >= 15 is 0 Å². The molecule has 25 heavy (non-hydrogen) atoms. The number of aliphatic hydroxyl groups is 3. The number of aliphatic hydroxyl groups excluding tert-OH is 3. The van der Waals surface area contributed by atoms with Crippen LogP contribution in [0.15, 0.2) is 24.3 Å². The number of nitro benzene ring substituents is 1. The lowest BCUT2D eigenvalue weighted by Gasteiger charge is -2.48.